The van der Waals surface area contributed by atoms with Gasteiger partial charge in [0.05, 0.1) is 25.2 Å². The van der Waals surface area contributed by atoms with Crippen LogP contribution in [-0.2, 0) is 16.4 Å². The SMILES string of the molecule is COc1ccc([C@@H]2N3CCc4ccccc4[C@@H]3CN2S(=O)(=O)c2ccc(OC)c3ncccc23)cc1. The molecular weight excluding hydrogens is 474 g/mol. The van der Waals surface area contributed by atoms with E-state index in [0.717, 1.165) is 24.3 Å². The average Bonchev–Trinajstić information content (AvgIpc) is 3.33. The minimum Gasteiger partial charge on any atom is -0.497 e. The molecule has 1 fully saturated rings. The van der Waals surface area contributed by atoms with Crippen molar-refractivity contribution < 1.29 is 17.9 Å². The maximum absolute atomic E-state index is 14.4. The summed E-state index contributed by atoms with van der Waals surface area (Å²) in [6, 6.07) is 22.9. The molecule has 4 aromatic rings. The van der Waals surface area contributed by atoms with Crippen LogP contribution >= 0.6 is 0 Å². The van der Waals surface area contributed by atoms with E-state index in [9.17, 15) is 8.42 Å². The average molecular weight is 502 g/mol. The molecule has 0 aliphatic carbocycles. The summed E-state index contributed by atoms with van der Waals surface area (Å²) >= 11 is 0. The molecule has 3 heterocycles. The van der Waals surface area contributed by atoms with Gasteiger partial charge in [-0.05, 0) is 59.5 Å². The summed E-state index contributed by atoms with van der Waals surface area (Å²) in [6.45, 7) is 1.14. The predicted molar refractivity (Wildman–Crippen MR) is 138 cm³/mol. The third-order valence-corrected chi connectivity index (χ3v) is 9.18. The highest BCUT2D eigenvalue weighted by atomic mass is 32.2. The van der Waals surface area contributed by atoms with Gasteiger partial charge in [-0.25, -0.2) is 8.42 Å². The van der Waals surface area contributed by atoms with Crippen LogP contribution < -0.4 is 9.47 Å². The quantitative estimate of drug-likeness (QED) is 0.399. The van der Waals surface area contributed by atoms with E-state index in [-0.39, 0.29) is 10.9 Å². The van der Waals surface area contributed by atoms with Gasteiger partial charge >= 0.3 is 0 Å². The van der Waals surface area contributed by atoms with Crippen LogP contribution in [0.5, 0.6) is 11.5 Å². The van der Waals surface area contributed by atoms with Gasteiger partial charge in [0.25, 0.3) is 0 Å². The van der Waals surface area contributed by atoms with Gasteiger partial charge in [0, 0.05) is 24.7 Å². The summed E-state index contributed by atoms with van der Waals surface area (Å²) in [7, 11) is -0.710. The lowest BCUT2D eigenvalue weighted by Crippen LogP contribution is -2.37. The molecule has 0 unspecified atom stereocenters. The number of nitrogens with zero attached hydrogens (tertiary/aromatic N) is 3. The van der Waals surface area contributed by atoms with E-state index < -0.39 is 16.2 Å². The molecule has 0 N–H and O–H groups in total. The van der Waals surface area contributed by atoms with Gasteiger partial charge in [-0.1, -0.05) is 36.4 Å². The molecule has 0 spiro atoms. The Bertz CT molecular complexity index is 1540. The predicted octanol–water partition coefficient (Wildman–Crippen LogP) is 4.55. The van der Waals surface area contributed by atoms with Crippen molar-refractivity contribution in [1.82, 2.24) is 14.2 Å². The van der Waals surface area contributed by atoms with Crippen LogP contribution in [0.2, 0.25) is 0 Å². The number of fused-ring (bicyclic) bond motifs is 4. The Hall–Kier alpha value is -3.46. The summed E-state index contributed by atoms with van der Waals surface area (Å²) in [6.07, 6.45) is 2.09. The van der Waals surface area contributed by atoms with Crippen LogP contribution in [0, 0.1) is 0 Å². The van der Waals surface area contributed by atoms with Crippen LogP contribution in [0.4, 0.5) is 0 Å². The summed E-state index contributed by atoms with van der Waals surface area (Å²) in [5, 5.41) is 0.551. The third kappa shape index (κ3) is 3.56. The molecule has 8 heteroatoms. The topological polar surface area (TPSA) is 72.0 Å². The van der Waals surface area contributed by atoms with E-state index in [1.165, 1.54) is 11.1 Å². The minimum absolute atomic E-state index is 0.0283. The van der Waals surface area contributed by atoms with E-state index in [2.05, 4.69) is 28.1 Å². The maximum Gasteiger partial charge on any atom is 0.245 e. The van der Waals surface area contributed by atoms with Gasteiger partial charge < -0.3 is 9.47 Å². The van der Waals surface area contributed by atoms with Crippen LogP contribution in [0.25, 0.3) is 10.9 Å². The van der Waals surface area contributed by atoms with Crippen molar-refractivity contribution >= 4 is 20.9 Å². The highest BCUT2D eigenvalue weighted by Gasteiger charge is 2.48. The molecule has 6 rings (SSSR count). The van der Waals surface area contributed by atoms with Gasteiger partial charge in [0.1, 0.15) is 23.2 Å². The number of hydrogen-bond donors (Lipinski definition) is 0. The lowest BCUT2D eigenvalue weighted by molar-refractivity contribution is 0.154. The number of aromatic nitrogens is 1. The molecule has 1 saturated heterocycles. The molecule has 184 valence electrons. The normalized spacial score (nSPS) is 20.2. The van der Waals surface area contributed by atoms with Gasteiger partial charge in [-0.15, -0.1) is 0 Å². The number of methoxy groups -OCH3 is 2. The standard InChI is InChI=1S/C28H27N3O4S/c1-34-21-11-9-20(10-12-21)28-30-17-15-19-6-3-4-7-22(19)24(30)18-31(28)36(32,33)26-14-13-25(35-2)27-23(26)8-5-16-29-27/h3-14,16,24,28H,15,17-18H2,1-2H3/t24-,28+/m0/s1. The zero-order valence-corrected chi connectivity index (χ0v) is 21.0. The number of pyridine rings is 1. The van der Waals surface area contributed by atoms with E-state index in [4.69, 9.17) is 9.47 Å². The van der Waals surface area contributed by atoms with E-state index in [1.807, 2.05) is 30.3 Å². The molecule has 0 amide bonds. The van der Waals surface area contributed by atoms with Crippen molar-refractivity contribution in [1.29, 1.82) is 0 Å². The fourth-order valence-electron chi connectivity index (χ4n) is 5.60. The van der Waals surface area contributed by atoms with Crippen LogP contribution in [-0.4, -0.2) is 49.9 Å². The third-order valence-electron chi connectivity index (χ3n) is 7.31. The fraction of sp³-hybridized carbons (Fsp3) is 0.250. The zero-order valence-electron chi connectivity index (χ0n) is 20.2. The lowest BCUT2D eigenvalue weighted by Gasteiger charge is -2.35. The van der Waals surface area contributed by atoms with Crippen molar-refractivity contribution in [3.8, 4) is 11.5 Å². The summed E-state index contributed by atoms with van der Waals surface area (Å²) in [4.78, 5) is 6.96. The van der Waals surface area contributed by atoms with Crippen molar-refractivity contribution in [2.45, 2.75) is 23.5 Å². The Labute approximate surface area is 210 Å². The Balaban J connectivity index is 1.51. The molecule has 7 nitrogen and oxygen atoms in total. The second-order valence-corrected chi connectivity index (χ2v) is 10.9. The molecule has 0 radical (unpaired) electrons. The van der Waals surface area contributed by atoms with Gasteiger partial charge in [0.2, 0.25) is 10.0 Å². The van der Waals surface area contributed by atoms with E-state index in [1.54, 1.807) is 49.0 Å². The van der Waals surface area contributed by atoms with Gasteiger partial charge in [0.15, 0.2) is 0 Å². The largest absolute Gasteiger partial charge is 0.497 e. The highest BCUT2D eigenvalue weighted by Crippen LogP contribution is 2.47. The summed E-state index contributed by atoms with van der Waals surface area (Å²) < 4.78 is 41.3. The van der Waals surface area contributed by atoms with Crippen molar-refractivity contribution in [2.75, 3.05) is 27.3 Å². The maximum atomic E-state index is 14.4. The first-order valence-electron chi connectivity index (χ1n) is 11.9. The lowest BCUT2D eigenvalue weighted by atomic mass is 9.93. The van der Waals surface area contributed by atoms with Crippen molar-refractivity contribution in [3.05, 3.63) is 95.7 Å². The number of hydrogen-bond acceptors (Lipinski definition) is 6. The van der Waals surface area contributed by atoms with Crippen molar-refractivity contribution in [3.63, 3.8) is 0 Å². The Kier molecular flexibility index (Phi) is 5.67. The summed E-state index contributed by atoms with van der Waals surface area (Å²) in [5.41, 5.74) is 3.92. The second-order valence-electron chi connectivity index (χ2n) is 9.09. The first kappa shape index (κ1) is 23.0. The molecule has 2 atom stereocenters. The number of sulfonamides is 1. The molecular formula is C28H27N3O4S. The molecule has 2 aliphatic rings. The molecule has 1 aromatic heterocycles. The number of ether oxygens (including phenoxy) is 2. The van der Waals surface area contributed by atoms with Crippen molar-refractivity contribution in [2.24, 2.45) is 0 Å². The first-order valence-corrected chi connectivity index (χ1v) is 13.4. The first-order chi connectivity index (χ1) is 17.5. The Morgan fingerprint density at radius 1 is 0.917 bits per heavy atom. The van der Waals surface area contributed by atoms with E-state index in [0.29, 0.717) is 23.2 Å². The highest BCUT2D eigenvalue weighted by molar-refractivity contribution is 7.89. The van der Waals surface area contributed by atoms with Crippen LogP contribution in [0.15, 0.2) is 83.9 Å². The molecule has 3 aromatic carbocycles. The zero-order chi connectivity index (χ0) is 24.9. The second kappa shape index (κ2) is 8.89. The monoisotopic (exact) mass is 501 g/mol. The number of benzene rings is 3. The van der Waals surface area contributed by atoms with E-state index >= 15 is 0 Å². The number of rotatable bonds is 5. The van der Waals surface area contributed by atoms with Gasteiger partial charge in [-0.3, -0.25) is 9.88 Å². The van der Waals surface area contributed by atoms with Crippen LogP contribution in [0.3, 0.4) is 0 Å². The van der Waals surface area contributed by atoms with Crippen LogP contribution in [0.1, 0.15) is 28.9 Å². The minimum atomic E-state index is -3.90. The molecule has 0 bridgehead atoms. The fourth-order valence-corrected chi connectivity index (χ4v) is 7.38. The smallest absolute Gasteiger partial charge is 0.245 e. The van der Waals surface area contributed by atoms with Gasteiger partial charge in [-0.2, -0.15) is 4.31 Å². The Morgan fingerprint density at radius 2 is 1.72 bits per heavy atom. The molecule has 36 heavy (non-hydrogen) atoms. The molecule has 2 aliphatic heterocycles. The molecule has 0 saturated carbocycles. The summed E-state index contributed by atoms with van der Waals surface area (Å²) in [5.74, 6) is 1.28. The Morgan fingerprint density at radius 3 is 2.50 bits per heavy atom.